The zero-order valence-electron chi connectivity index (χ0n) is 44.1. The normalized spacial score (nSPS) is 54.1. The molecule has 0 amide bonds. The van der Waals surface area contributed by atoms with Crippen molar-refractivity contribution in [3.63, 3.8) is 0 Å². The molecule has 5 aliphatic carbocycles. The summed E-state index contributed by atoms with van der Waals surface area (Å²) in [5.74, 6) is -0.0178. The van der Waals surface area contributed by atoms with Gasteiger partial charge >= 0.3 is 5.97 Å². The molecule has 8 fully saturated rings. The summed E-state index contributed by atoms with van der Waals surface area (Å²) in [5, 5.41) is 129. The Morgan fingerprint density at radius 1 is 0.635 bits per heavy atom. The molecule has 0 aromatic rings. The third-order valence-corrected chi connectivity index (χ3v) is 21.1. The standard InChI is InChI=1S/C53H86O21/c1-23-32(55)38(61)42(74-45-41(64)37(60)34(57)27(71-45)21-67-43-40(63)36(59)33(56)26(20-54)70-43)46(69-23)72-28-22-68-44(39(62)35(28)58)73-31-12-13-50(6)29(49(31,4)5)11-14-52(8)30(50)10-9-24-25-19-48(2,3)15-17-53(25,47(65)66)18-16-51(24,52)7/h9,23,25-46,54-64H,10-22H2,1-8H3,(H,65,66). The van der Waals surface area contributed by atoms with E-state index < -0.39 is 141 Å². The fourth-order valence-electron chi connectivity index (χ4n) is 16.2. The van der Waals surface area contributed by atoms with E-state index in [1.165, 1.54) is 12.5 Å². The molecule has 21 nitrogen and oxygen atoms in total. The first-order chi connectivity index (χ1) is 34.6. The minimum atomic E-state index is -1.96. The van der Waals surface area contributed by atoms with E-state index in [0.29, 0.717) is 18.8 Å². The second-order valence-corrected chi connectivity index (χ2v) is 25.9. The average molecular weight is 1060 g/mol. The number of aliphatic hydroxyl groups is 11. The van der Waals surface area contributed by atoms with Gasteiger partial charge in [0.15, 0.2) is 25.2 Å². The maximum atomic E-state index is 13.1. The van der Waals surface area contributed by atoms with Crippen molar-refractivity contribution >= 4 is 5.97 Å². The van der Waals surface area contributed by atoms with Gasteiger partial charge in [0, 0.05) is 0 Å². The van der Waals surface area contributed by atoms with Crippen molar-refractivity contribution in [1.82, 2.24) is 0 Å². The highest BCUT2D eigenvalue weighted by atomic mass is 16.8. The molecule has 0 radical (unpaired) electrons. The van der Waals surface area contributed by atoms with Crippen LogP contribution in [-0.2, 0) is 42.7 Å². The predicted molar refractivity (Wildman–Crippen MR) is 256 cm³/mol. The average Bonchev–Trinajstić information content (AvgIpc) is 3.34. The first kappa shape index (κ1) is 57.1. The Morgan fingerprint density at radius 2 is 1.27 bits per heavy atom. The van der Waals surface area contributed by atoms with Crippen molar-refractivity contribution in [2.75, 3.05) is 19.8 Å². The number of carboxylic acid groups (broad SMARTS) is 1. The number of carboxylic acids is 1. The summed E-state index contributed by atoms with van der Waals surface area (Å²) in [7, 11) is 0. The fourth-order valence-corrected chi connectivity index (χ4v) is 16.2. The summed E-state index contributed by atoms with van der Waals surface area (Å²) >= 11 is 0. The zero-order valence-corrected chi connectivity index (χ0v) is 44.1. The molecule has 12 N–H and O–H groups in total. The van der Waals surface area contributed by atoms with Gasteiger partial charge in [0.25, 0.3) is 0 Å². The minimum Gasteiger partial charge on any atom is -0.481 e. The van der Waals surface area contributed by atoms with E-state index in [4.69, 9.17) is 37.9 Å². The molecule has 424 valence electrons. The van der Waals surface area contributed by atoms with Crippen molar-refractivity contribution in [3.05, 3.63) is 11.6 Å². The second-order valence-electron chi connectivity index (χ2n) is 25.9. The lowest BCUT2D eigenvalue weighted by Crippen LogP contribution is -2.66. The molecule has 0 bridgehead atoms. The monoisotopic (exact) mass is 1060 g/mol. The number of aliphatic carboxylic acids is 1. The first-order valence-corrected chi connectivity index (χ1v) is 27.1. The largest absolute Gasteiger partial charge is 0.481 e. The molecule has 4 heterocycles. The van der Waals surface area contributed by atoms with Crippen LogP contribution in [0.5, 0.6) is 0 Å². The predicted octanol–water partition coefficient (Wildman–Crippen LogP) is 0.197. The number of fused-ring (bicyclic) bond motifs is 7. The molecule has 27 unspecified atom stereocenters. The summed E-state index contributed by atoms with van der Waals surface area (Å²) in [4.78, 5) is 13.1. The van der Waals surface area contributed by atoms with Crippen LogP contribution in [0.3, 0.4) is 0 Å². The number of hydrogen-bond donors (Lipinski definition) is 12. The summed E-state index contributed by atoms with van der Waals surface area (Å²) in [6.45, 7) is 16.1. The number of allylic oxidation sites excluding steroid dienone is 2. The van der Waals surface area contributed by atoms with Crippen LogP contribution >= 0.6 is 0 Å². The molecule has 27 atom stereocenters. The van der Waals surface area contributed by atoms with Crippen molar-refractivity contribution in [2.24, 2.45) is 50.2 Å². The second kappa shape index (κ2) is 20.5. The van der Waals surface area contributed by atoms with Crippen molar-refractivity contribution < 1.29 is 104 Å². The molecule has 4 saturated heterocycles. The Morgan fingerprint density at radius 3 is 1.95 bits per heavy atom. The third-order valence-electron chi connectivity index (χ3n) is 21.1. The van der Waals surface area contributed by atoms with Gasteiger partial charge in [0.05, 0.1) is 37.4 Å². The third kappa shape index (κ3) is 9.27. The lowest BCUT2D eigenvalue weighted by atomic mass is 9.33. The van der Waals surface area contributed by atoms with E-state index in [-0.39, 0.29) is 51.6 Å². The van der Waals surface area contributed by atoms with Crippen molar-refractivity contribution in [1.29, 1.82) is 0 Å². The highest BCUT2D eigenvalue weighted by Gasteiger charge is 2.70. The van der Waals surface area contributed by atoms with E-state index in [2.05, 4.69) is 54.5 Å². The molecule has 9 aliphatic rings. The summed E-state index contributed by atoms with van der Waals surface area (Å²) in [6, 6.07) is 0. The highest BCUT2D eigenvalue weighted by molar-refractivity contribution is 5.76. The van der Waals surface area contributed by atoms with Crippen LogP contribution in [0.1, 0.15) is 120 Å². The van der Waals surface area contributed by atoms with Crippen LogP contribution < -0.4 is 0 Å². The number of hydrogen-bond acceptors (Lipinski definition) is 20. The molecular formula is C53H86O21. The van der Waals surface area contributed by atoms with E-state index in [1.54, 1.807) is 0 Å². The summed E-state index contributed by atoms with van der Waals surface area (Å²) in [5.41, 5.74) is 0.138. The molecule has 0 aromatic heterocycles. The van der Waals surface area contributed by atoms with Crippen LogP contribution in [0.25, 0.3) is 0 Å². The molecular weight excluding hydrogens is 973 g/mol. The van der Waals surface area contributed by atoms with E-state index >= 15 is 0 Å². The molecule has 4 saturated carbocycles. The van der Waals surface area contributed by atoms with Gasteiger partial charge in [-0.2, -0.15) is 0 Å². The van der Waals surface area contributed by atoms with Gasteiger partial charge in [-0.3, -0.25) is 4.79 Å². The minimum absolute atomic E-state index is 0.0251. The number of carbonyl (C=O) groups is 1. The Labute approximate surface area is 433 Å². The van der Waals surface area contributed by atoms with Gasteiger partial charge in [0.2, 0.25) is 0 Å². The van der Waals surface area contributed by atoms with Crippen LogP contribution in [-0.4, -0.2) is 210 Å². The van der Waals surface area contributed by atoms with E-state index in [0.717, 1.165) is 51.4 Å². The SMILES string of the molecule is CC1OC(OC2COC(OC3CCC4(C)C(CCC5(C)C4CC=C4C6CC(C)(C)CCC6(C(=O)O)CCC45C)C3(C)C)C(O)C2O)C(OC2OC(COC3OC(CO)C(O)C(O)C3O)C(O)C(O)C2O)C(O)C1O. The zero-order chi connectivity index (χ0) is 54.0. The number of ether oxygens (including phenoxy) is 8. The van der Waals surface area contributed by atoms with Gasteiger partial charge in [-0.15, -0.1) is 0 Å². The molecule has 9 rings (SSSR count). The lowest BCUT2D eigenvalue weighted by molar-refractivity contribution is -0.384. The highest BCUT2D eigenvalue weighted by Crippen LogP contribution is 2.76. The van der Waals surface area contributed by atoms with Gasteiger partial charge in [-0.25, -0.2) is 0 Å². The number of aliphatic hydroxyl groups excluding tert-OH is 11. The number of rotatable bonds is 11. The first-order valence-electron chi connectivity index (χ1n) is 27.1. The quantitative estimate of drug-likeness (QED) is 0.0971. The van der Waals surface area contributed by atoms with Gasteiger partial charge in [-0.05, 0) is 116 Å². The van der Waals surface area contributed by atoms with Crippen molar-refractivity contribution in [3.8, 4) is 0 Å². The smallest absolute Gasteiger partial charge is 0.310 e. The van der Waals surface area contributed by atoms with Crippen LogP contribution in [0.4, 0.5) is 0 Å². The van der Waals surface area contributed by atoms with Crippen LogP contribution in [0.15, 0.2) is 11.6 Å². The fraction of sp³-hybridized carbons (Fsp3) is 0.943. The Hall–Kier alpha value is -1.55. The molecule has 0 spiro atoms. The van der Waals surface area contributed by atoms with Gasteiger partial charge in [-0.1, -0.05) is 60.1 Å². The molecule has 74 heavy (non-hydrogen) atoms. The maximum absolute atomic E-state index is 13.1. The molecule has 4 aliphatic heterocycles. The topological polar surface area (TPSA) is 334 Å². The Bertz CT molecular complexity index is 2040. The van der Waals surface area contributed by atoms with Gasteiger partial charge < -0.3 is 99.2 Å². The van der Waals surface area contributed by atoms with Crippen molar-refractivity contribution in [2.45, 2.75) is 242 Å². The Balaban J connectivity index is 0.847. The lowest BCUT2D eigenvalue weighted by Gasteiger charge is -2.71. The van der Waals surface area contributed by atoms with E-state index in [1.807, 2.05) is 0 Å². The summed E-state index contributed by atoms with van der Waals surface area (Å²) < 4.78 is 47.5. The molecule has 21 heteroatoms. The molecule has 0 aromatic carbocycles. The van der Waals surface area contributed by atoms with Crippen LogP contribution in [0.2, 0.25) is 0 Å². The van der Waals surface area contributed by atoms with Crippen LogP contribution in [0, 0.1) is 50.2 Å². The van der Waals surface area contributed by atoms with Gasteiger partial charge in [0.1, 0.15) is 85.5 Å². The maximum Gasteiger partial charge on any atom is 0.310 e. The summed E-state index contributed by atoms with van der Waals surface area (Å²) in [6.07, 6.45) is -20.1. The van der Waals surface area contributed by atoms with E-state index in [9.17, 15) is 66.1 Å². The Kier molecular flexibility index (Phi) is 15.8.